The molecular formula is C23H22Br2N4O3. The van der Waals surface area contributed by atoms with Gasteiger partial charge in [-0.15, -0.1) is 0 Å². The van der Waals surface area contributed by atoms with E-state index in [9.17, 15) is 4.79 Å². The van der Waals surface area contributed by atoms with Gasteiger partial charge in [-0.1, -0.05) is 29.8 Å². The van der Waals surface area contributed by atoms with Crippen LogP contribution in [0.25, 0.3) is 10.9 Å². The molecule has 0 spiro atoms. The highest BCUT2D eigenvalue weighted by Crippen LogP contribution is 2.36. The molecule has 0 saturated heterocycles. The number of fused-ring (bicyclic) bond motifs is 1. The van der Waals surface area contributed by atoms with Crippen molar-refractivity contribution in [3.63, 3.8) is 0 Å². The summed E-state index contributed by atoms with van der Waals surface area (Å²) in [7, 11) is 0. The maximum absolute atomic E-state index is 13.3. The minimum Gasteiger partial charge on any atom is -0.490 e. The van der Waals surface area contributed by atoms with Gasteiger partial charge in [0.25, 0.3) is 5.56 Å². The Morgan fingerprint density at radius 3 is 2.72 bits per heavy atom. The van der Waals surface area contributed by atoms with Crippen molar-refractivity contribution in [3.05, 3.63) is 61.0 Å². The predicted molar refractivity (Wildman–Crippen MR) is 132 cm³/mol. The van der Waals surface area contributed by atoms with Gasteiger partial charge in [-0.05, 0) is 65.2 Å². The Morgan fingerprint density at radius 1 is 1.25 bits per heavy atom. The number of nitriles is 1. The van der Waals surface area contributed by atoms with E-state index in [0.717, 1.165) is 10.9 Å². The highest BCUT2D eigenvalue weighted by atomic mass is 79.9. The number of halogens is 2. The molecule has 0 aliphatic carbocycles. The summed E-state index contributed by atoms with van der Waals surface area (Å²) in [5.41, 5.74) is 1.10. The first kappa shape index (κ1) is 24.0. The fraction of sp³-hybridized carbons (Fsp3) is 0.304. The largest absolute Gasteiger partial charge is 0.490 e. The standard InChI is InChI=1S/C23H22Br2N4O3/c1-4-14(3)22-28-19-7-6-16(24)12-17(19)23(30)29(22)27-13-15-10-18(25)21(32-9-8-26)20(11-15)31-5-2/h6-7,10-14H,4-5,9H2,1-3H3/t14-/m0/s1. The molecule has 2 aromatic carbocycles. The average molecular weight is 562 g/mol. The van der Waals surface area contributed by atoms with Gasteiger partial charge < -0.3 is 9.47 Å². The predicted octanol–water partition coefficient (Wildman–Crippen LogP) is 5.62. The number of aromatic nitrogens is 2. The molecule has 0 aliphatic heterocycles. The maximum atomic E-state index is 13.3. The smallest absolute Gasteiger partial charge is 0.282 e. The van der Waals surface area contributed by atoms with E-state index in [1.54, 1.807) is 24.4 Å². The summed E-state index contributed by atoms with van der Waals surface area (Å²) in [6, 6.07) is 10.9. The number of hydrogen-bond donors (Lipinski definition) is 0. The van der Waals surface area contributed by atoms with Gasteiger partial charge in [-0.25, -0.2) is 4.98 Å². The molecule has 3 rings (SSSR count). The summed E-state index contributed by atoms with van der Waals surface area (Å²) < 4.78 is 13.9. The lowest BCUT2D eigenvalue weighted by Crippen LogP contribution is -2.23. The topological polar surface area (TPSA) is 89.5 Å². The molecule has 0 fully saturated rings. The molecule has 0 amide bonds. The van der Waals surface area contributed by atoms with E-state index in [-0.39, 0.29) is 18.1 Å². The zero-order chi connectivity index (χ0) is 23.3. The van der Waals surface area contributed by atoms with Gasteiger partial charge in [0.1, 0.15) is 11.9 Å². The first-order chi connectivity index (χ1) is 15.4. The lowest BCUT2D eigenvalue weighted by atomic mass is 10.1. The Balaban J connectivity index is 2.12. The summed E-state index contributed by atoms with van der Waals surface area (Å²) in [4.78, 5) is 18.0. The first-order valence-electron chi connectivity index (χ1n) is 10.1. The highest BCUT2D eigenvalue weighted by molar-refractivity contribution is 9.10. The van der Waals surface area contributed by atoms with Crippen molar-refractivity contribution >= 4 is 49.0 Å². The lowest BCUT2D eigenvalue weighted by molar-refractivity contribution is 0.297. The van der Waals surface area contributed by atoms with E-state index in [0.29, 0.717) is 44.9 Å². The fourth-order valence-electron chi connectivity index (χ4n) is 3.07. The van der Waals surface area contributed by atoms with Gasteiger partial charge in [-0.2, -0.15) is 15.0 Å². The summed E-state index contributed by atoms with van der Waals surface area (Å²) in [5.74, 6) is 1.57. The zero-order valence-corrected chi connectivity index (χ0v) is 21.1. The molecule has 0 radical (unpaired) electrons. The van der Waals surface area contributed by atoms with Crippen molar-refractivity contribution < 1.29 is 9.47 Å². The molecular weight excluding hydrogens is 540 g/mol. The molecule has 7 nitrogen and oxygen atoms in total. The molecule has 0 N–H and O–H groups in total. The second-order valence-electron chi connectivity index (χ2n) is 7.01. The second kappa shape index (κ2) is 10.7. The lowest BCUT2D eigenvalue weighted by Gasteiger charge is -2.14. The van der Waals surface area contributed by atoms with Crippen LogP contribution >= 0.6 is 31.9 Å². The number of nitrogens with zero attached hydrogens (tertiary/aromatic N) is 4. The van der Waals surface area contributed by atoms with E-state index >= 15 is 0 Å². The van der Waals surface area contributed by atoms with E-state index in [4.69, 9.17) is 19.7 Å². The minimum atomic E-state index is -0.235. The Hall–Kier alpha value is -2.70. The van der Waals surface area contributed by atoms with Crippen molar-refractivity contribution in [1.82, 2.24) is 9.66 Å². The summed E-state index contributed by atoms with van der Waals surface area (Å²) in [5, 5.41) is 13.8. The van der Waals surface area contributed by atoms with E-state index in [1.807, 2.05) is 39.0 Å². The van der Waals surface area contributed by atoms with Gasteiger partial charge >= 0.3 is 0 Å². The van der Waals surface area contributed by atoms with Crippen LogP contribution in [0.15, 0.2) is 49.2 Å². The van der Waals surface area contributed by atoms with Crippen molar-refractivity contribution in [2.45, 2.75) is 33.1 Å². The van der Waals surface area contributed by atoms with Gasteiger partial charge in [0, 0.05) is 10.4 Å². The molecule has 0 saturated carbocycles. The van der Waals surface area contributed by atoms with Gasteiger partial charge in [0.05, 0.1) is 28.2 Å². The van der Waals surface area contributed by atoms with Crippen LogP contribution in [0.5, 0.6) is 11.5 Å². The Morgan fingerprint density at radius 2 is 2.03 bits per heavy atom. The first-order valence-corrected chi connectivity index (χ1v) is 11.7. The van der Waals surface area contributed by atoms with Crippen LogP contribution in [0.3, 0.4) is 0 Å². The molecule has 3 aromatic rings. The van der Waals surface area contributed by atoms with Crippen molar-refractivity contribution in [1.29, 1.82) is 5.26 Å². The second-order valence-corrected chi connectivity index (χ2v) is 8.78. The summed E-state index contributed by atoms with van der Waals surface area (Å²) >= 11 is 6.88. The van der Waals surface area contributed by atoms with E-state index < -0.39 is 0 Å². The monoisotopic (exact) mass is 560 g/mol. The molecule has 1 aromatic heterocycles. The summed E-state index contributed by atoms with van der Waals surface area (Å²) in [6.45, 7) is 6.25. The van der Waals surface area contributed by atoms with Crippen LogP contribution in [0.4, 0.5) is 0 Å². The SMILES string of the molecule is CCOc1cc(C=Nn2c([C@@H](C)CC)nc3ccc(Br)cc3c2=O)cc(Br)c1OCC#N. The molecule has 32 heavy (non-hydrogen) atoms. The molecule has 0 unspecified atom stereocenters. The molecule has 1 atom stereocenters. The third-order valence-corrected chi connectivity index (χ3v) is 5.90. The van der Waals surface area contributed by atoms with Gasteiger partial charge in [0.15, 0.2) is 18.1 Å². The number of ether oxygens (including phenoxy) is 2. The Bertz CT molecular complexity index is 1260. The van der Waals surface area contributed by atoms with E-state index in [1.165, 1.54) is 4.68 Å². The molecule has 0 bridgehead atoms. The minimum absolute atomic E-state index is 0.0420. The van der Waals surface area contributed by atoms with Crippen molar-refractivity contribution in [3.8, 4) is 17.6 Å². The average Bonchev–Trinajstić information content (AvgIpc) is 2.78. The van der Waals surface area contributed by atoms with Crippen LogP contribution in [-0.2, 0) is 0 Å². The summed E-state index contributed by atoms with van der Waals surface area (Å²) in [6.07, 6.45) is 2.40. The number of hydrogen-bond acceptors (Lipinski definition) is 6. The van der Waals surface area contributed by atoms with Gasteiger partial charge in [-0.3, -0.25) is 4.79 Å². The van der Waals surface area contributed by atoms with Crippen LogP contribution in [-0.4, -0.2) is 29.1 Å². The quantitative estimate of drug-likeness (QED) is 0.333. The van der Waals surface area contributed by atoms with E-state index in [2.05, 4.69) is 37.0 Å². The normalized spacial score (nSPS) is 12.1. The fourth-order valence-corrected chi connectivity index (χ4v) is 4.01. The third kappa shape index (κ3) is 5.19. The molecule has 9 heteroatoms. The maximum Gasteiger partial charge on any atom is 0.282 e. The highest BCUT2D eigenvalue weighted by Gasteiger charge is 2.16. The Labute approximate surface area is 202 Å². The molecule has 0 aliphatic rings. The van der Waals surface area contributed by atoms with Crippen molar-refractivity contribution in [2.24, 2.45) is 5.10 Å². The van der Waals surface area contributed by atoms with Crippen LogP contribution < -0.4 is 15.0 Å². The molecule has 1 heterocycles. The molecule has 166 valence electrons. The van der Waals surface area contributed by atoms with Crippen LogP contribution in [0.1, 0.15) is 44.5 Å². The third-order valence-electron chi connectivity index (χ3n) is 4.82. The van der Waals surface area contributed by atoms with Crippen LogP contribution in [0.2, 0.25) is 0 Å². The Kier molecular flexibility index (Phi) is 8.04. The van der Waals surface area contributed by atoms with Crippen LogP contribution in [0, 0.1) is 11.3 Å². The van der Waals surface area contributed by atoms with Gasteiger partial charge in [0.2, 0.25) is 0 Å². The number of rotatable bonds is 8. The van der Waals surface area contributed by atoms with Crippen molar-refractivity contribution in [2.75, 3.05) is 13.2 Å². The number of benzene rings is 2. The zero-order valence-electron chi connectivity index (χ0n) is 17.9.